The average molecular weight is 605 g/mol. The van der Waals surface area contributed by atoms with Crippen LogP contribution in [0.25, 0.3) is 0 Å². The molecule has 0 aliphatic rings. The minimum atomic E-state index is -4.96. The van der Waals surface area contributed by atoms with Crippen molar-refractivity contribution in [3.05, 3.63) is 111 Å². The molecule has 12 heteroatoms. The highest BCUT2D eigenvalue weighted by atomic mass is 31.2. The van der Waals surface area contributed by atoms with Gasteiger partial charge in [-0.2, -0.15) is 0 Å². The summed E-state index contributed by atoms with van der Waals surface area (Å²) in [4.78, 5) is 38.2. The third kappa shape index (κ3) is 9.07. The van der Waals surface area contributed by atoms with E-state index in [0.717, 1.165) is 0 Å². The second-order valence-electron chi connectivity index (χ2n) is 9.39. The number of aromatic hydroxyl groups is 1. The number of rotatable bonds is 12. The summed E-state index contributed by atoms with van der Waals surface area (Å²) in [5, 5.41) is 21.3. The molecule has 0 saturated carbocycles. The summed E-state index contributed by atoms with van der Waals surface area (Å²) in [5.74, 6) is -0.0378. The molecule has 0 saturated heterocycles. The third-order valence-electron chi connectivity index (χ3n) is 6.34. The number of phenolic OH excluding ortho intramolecular Hbond substituents is 1. The Morgan fingerprint density at radius 1 is 0.756 bits per heavy atom. The quantitative estimate of drug-likeness (QED) is 0.0814. The number of aliphatic hydroxyl groups is 1. The first-order valence-corrected chi connectivity index (χ1v) is 15.8. The SMILES string of the molecule is C/C=C\C(Cc1cccc(Cc2cccc(Cc3cccc(CC)c3OP(=O)(O)O)c2O)c1OP(=O)(O)O)=C(/C)O. The van der Waals surface area contributed by atoms with Crippen LogP contribution in [0.2, 0.25) is 0 Å². The van der Waals surface area contributed by atoms with Crippen molar-refractivity contribution in [2.75, 3.05) is 0 Å². The Morgan fingerprint density at radius 3 is 1.59 bits per heavy atom. The van der Waals surface area contributed by atoms with Crippen molar-refractivity contribution < 1.29 is 48.0 Å². The van der Waals surface area contributed by atoms with E-state index in [-0.39, 0.29) is 42.3 Å². The van der Waals surface area contributed by atoms with Crippen LogP contribution in [0, 0.1) is 0 Å². The van der Waals surface area contributed by atoms with Crippen LogP contribution < -0.4 is 9.05 Å². The van der Waals surface area contributed by atoms with Crippen molar-refractivity contribution in [1.29, 1.82) is 0 Å². The lowest BCUT2D eigenvalue weighted by atomic mass is 9.94. The average Bonchev–Trinajstić information content (AvgIpc) is 2.87. The number of hydrogen-bond acceptors (Lipinski definition) is 6. The number of phenols is 1. The highest BCUT2D eigenvalue weighted by molar-refractivity contribution is 7.47. The Kier molecular flexibility index (Phi) is 10.6. The number of aryl methyl sites for hydroxylation is 1. The molecule has 0 aliphatic heterocycles. The molecule has 0 spiro atoms. The van der Waals surface area contributed by atoms with Gasteiger partial charge in [0.1, 0.15) is 17.2 Å². The summed E-state index contributed by atoms with van der Waals surface area (Å²) in [6.45, 7) is 5.12. The van der Waals surface area contributed by atoms with Crippen LogP contribution in [0.3, 0.4) is 0 Å². The van der Waals surface area contributed by atoms with Crippen molar-refractivity contribution in [2.24, 2.45) is 0 Å². The molecule has 0 fully saturated rings. The minimum absolute atomic E-state index is 0.0461. The van der Waals surface area contributed by atoms with E-state index in [0.29, 0.717) is 45.4 Å². The molecule has 3 rings (SSSR count). The normalized spacial score (nSPS) is 12.9. The monoisotopic (exact) mass is 604 g/mol. The number of aliphatic hydroxyl groups excluding tert-OH is 1. The summed E-state index contributed by atoms with van der Waals surface area (Å²) in [5.41, 5.74) is 3.31. The Bertz CT molecular complexity index is 1550. The molecule has 0 heterocycles. The van der Waals surface area contributed by atoms with Gasteiger partial charge in [-0.1, -0.05) is 73.7 Å². The molecule has 0 unspecified atom stereocenters. The zero-order valence-corrected chi connectivity index (χ0v) is 24.7. The van der Waals surface area contributed by atoms with Gasteiger partial charge in [0, 0.05) is 19.3 Å². The Balaban J connectivity index is 2.04. The maximum Gasteiger partial charge on any atom is 0.524 e. The second-order valence-corrected chi connectivity index (χ2v) is 11.7. The Labute approximate surface area is 238 Å². The van der Waals surface area contributed by atoms with Crippen LogP contribution in [-0.2, 0) is 34.8 Å². The van der Waals surface area contributed by atoms with Crippen LogP contribution in [0.4, 0.5) is 0 Å². The predicted octanol–water partition coefficient (Wildman–Crippen LogP) is 6.03. The van der Waals surface area contributed by atoms with Gasteiger partial charge < -0.3 is 19.3 Å². The van der Waals surface area contributed by atoms with Gasteiger partial charge in [-0.05, 0) is 59.2 Å². The van der Waals surface area contributed by atoms with E-state index >= 15 is 0 Å². The minimum Gasteiger partial charge on any atom is -0.512 e. The first-order chi connectivity index (χ1) is 19.2. The molecular weight excluding hydrogens is 570 g/mol. The van der Waals surface area contributed by atoms with Gasteiger partial charge in [0.25, 0.3) is 0 Å². The summed E-state index contributed by atoms with van der Waals surface area (Å²) < 4.78 is 33.6. The van der Waals surface area contributed by atoms with Gasteiger partial charge in [-0.15, -0.1) is 0 Å². The lowest BCUT2D eigenvalue weighted by Crippen LogP contribution is -2.03. The number of benzene rings is 3. The molecule has 41 heavy (non-hydrogen) atoms. The molecule has 3 aromatic carbocycles. The first-order valence-electron chi connectivity index (χ1n) is 12.7. The molecule has 0 aliphatic carbocycles. The van der Waals surface area contributed by atoms with Gasteiger partial charge in [0.05, 0.1) is 5.76 Å². The molecule has 0 amide bonds. The molecule has 6 N–H and O–H groups in total. The summed E-state index contributed by atoms with van der Waals surface area (Å²) in [7, 11) is -9.80. The van der Waals surface area contributed by atoms with E-state index in [1.807, 2.05) is 6.92 Å². The molecule has 3 aromatic rings. The second kappa shape index (κ2) is 13.5. The maximum absolute atomic E-state index is 11.9. The first kappa shape index (κ1) is 32.2. The molecule has 220 valence electrons. The van der Waals surface area contributed by atoms with Crippen LogP contribution in [0.1, 0.15) is 54.2 Å². The summed E-state index contributed by atoms with van der Waals surface area (Å²) >= 11 is 0. The largest absolute Gasteiger partial charge is 0.524 e. The van der Waals surface area contributed by atoms with E-state index in [2.05, 4.69) is 0 Å². The number of phosphoric acid groups is 2. The van der Waals surface area contributed by atoms with E-state index in [1.54, 1.807) is 73.7 Å². The molecular formula is C29H34O10P2. The highest BCUT2D eigenvalue weighted by Gasteiger charge is 2.24. The van der Waals surface area contributed by atoms with E-state index in [1.165, 1.54) is 6.92 Å². The van der Waals surface area contributed by atoms with Gasteiger partial charge in [0.15, 0.2) is 0 Å². The fourth-order valence-electron chi connectivity index (χ4n) is 4.50. The number of hydrogen-bond donors (Lipinski definition) is 6. The topological polar surface area (TPSA) is 174 Å². The Morgan fingerprint density at radius 2 is 1.17 bits per heavy atom. The van der Waals surface area contributed by atoms with Crippen molar-refractivity contribution in [2.45, 2.75) is 46.5 Å². The zero-order chi connectivity index (χ0) is 30.4. The van der Waals surface area contributed by atoms with Crippen LogP contribution >= 0.6 is 15.6 Å². The number of allylic oxidation sites excluding steroid dienone is 4. The molecule has 10 nitrogen and oxygen atoms in total. The lowest BCUT2D eigenvalue weighted by molar-refractivity contribution is 0.279. The van der Waals surface area contributed by atoms with Gasteiger partial charge in [-0.3, -0.25) is 19.6 Å². The van der Waals surface area contributed by atoms with Crippen LogP contribution in [-0.4, -0.2) is 29.8 Å². The Hall–Kier alpha value is -3.36. The molecule has 0 bridgehead atoms. The standard InChI is InChI=1S/C29H34O10P2/c1-4-9-21(19(3)30)16-24-14-8-15-26(29(24)39-41(35,36)37)18-23-12-7-11-22(27(23)31)17-25-13-6-10-20(5-2)28(25)38-40(32,33)34/h4,6-15,30-31H,5,16-18H2,1-3H3,(H2,32,33,34)(H2,35,36,37)/b9-4-,21-19-. The van der Waals surface area contributed by atoms with Gasteiger partial charge in [-0.25, -0.2) is 9.13 Å². The third-order valence-corrected chi connectivity index (χ3v) is 7.18. The van der Waals surface area contributed by atoms with E-state index in [9.17, 15) is 38.9 Å². The maximum atomic E-state index is 11.9. The van der Waals surface area contributed by atoms with Crippen molar-refractivity contribution in [3.8, 4) is 17.2 Å². The summed E-state index contributed by atoms with van der Waals surface area (Å²) in [6.07, 6.45) is 4.17. The fraction of sp³-hybridized carbons (Fsp3) is 0.241. The van der Waals surface area contributed by atoms with Gasteiger partial charge in [0.2, 0.25) is 0 Å². The summed E-state index contributed by atoms with van der Waals surface area (Å²) in [6, 6.07) is 15.1. The molecule has 0 aromatic heterocycles. The predicted molar refractivity (Wildman–Crippen MR) is 155 cm³/mol. The van der Waals surface area contributed by atoms with Gasteiger partial charge >= 0.3 is 15.6 Å². The molecule has 0 atom stereocenters. The smallest absolute Gasteiger partial charge is 0.512 e. The van der Waals surface area contributed by atoms with Crippen molar-refractivity contribution >= 4 is 15.6 Å². The van der Waals surface area contributed by atoms with Crippen molar-refractivity contribution in [1.82, 2.24) is 0 Å². The van der Waals surface area contributed by atoms with E-state index in [4.69, 9.17) is 9.05 Å². The zero-order valence-electron chi connectivity index (χ0n) is 22.9. The highest BCUT2D eigenvalue weighted by Crippen LogP contribution is 2.44. The number of phosphoric ester groups is 2. The lowest BCUT2D eigenvalue weighted by Gasteiger charge is -2.18. The van der Waals surface area contributed by atoms with E-state index < -0.39 is 15.6 Å². The number of para-hydroxylation sites is 3. The fourth-order valence-corrected chi connectivity index (χ4v) is 5.44. The van der Waals surface area contributed by atoms with Crippen LogP contribution in [0.5, 0.6) is 17.2 Å². The van der Waals surface area contributed by atoms with Crippen molar-refractivity contribution in [3.63, 3.8) is 0 Å². The molecule has 0 radical (unpaired) electrons. The van der Waals surface area contributed by atoms with Crippen LogP contribution in [0.15, 0.2) is 78.1 Å².